The van der Waals surface area contributed by atoms with Crippen LogP contribution in [0.4, 0.5) is 5.69 Å². The molecule has 0 aliphatic rings. The highest BCUT2D eigenvalue weighted by molar-refractivity contribution is 8.00. The van der Waals surface area contributed by atoms with E-state index >= 15 is 0 Å². The molecule has 0 fully saturated rings. The lowest BCUT2D eigenvalue weighted by molar-refractivity contribution is -0.387. The summed E-state index contributed by atoms with van der Waals surface area (Å²) in [7, 11) is 0. The summed E-state index contributed by atoms with van der Waals surface area (Å²) in [5.41, 5.74) is -0.0379. The number of para-hydroxylation sites is 1. The lowest BCUT2D eigenvalue weighted by atomic mass is 10.1. The molecule has 0 heterocycles. The van der Waals surface area contributed by atoms with Gasteiger partial charge in [0.1, 0.15) is 5.75 Å². The van der Waals surface area contributed by atoms with Crippen molar-refractivity contribution in [3.63, 3.8) is 0 Å². The van der Waals surface area contributed by atoms with Gasteiger partial charge in [0.05, 0.1) is 20.6 Å². The Morgan fingerprint density at radius 3 is 2.60 bits per heavy atom. The predicted octanol–water partition coefficient (Wildman–Crippen LogP) is 5.10. The zero-order chi connectivity index (χ0) is 17.8. The summed E-state index contributed by atoms with van der Waals surface area (Å²) in [5, 5.41) is 13.1. The van der Waals surface area contributed by atoms with Gasteiger partial charge in [0.2, 0.25) is 0 Å². The Kier molecular flexibility index (Phi) is 5.21. The lowest BCUT2D eigenvalue weighted by Crippen LogP contribution is -2.11. The van der Waals surface area contributed by atoms with Crippen LogP contribution in [0.2, 0.25) is 5.02 Å². The average Bonchev–Trinajstić information content (AvgIpc) is 2.63. The molecule has 25 heavy (non-hydrogen) atoms. The Balaban J connectivity index is 1.72. The number of benzene rings is 3. The first-order chi connectivity index (χ1) is 12.1. The number of nitrogens with zero attached hydrogens (tertiary/aromatic N) is 1. The maximum absolute atomic E-state index is 12.1. The first kappa shape index (κ1) is 17.3. The van der Waals surface area contributed by atoms with E-state index < -0.39 is 10.9 Å². The minimum atomic E-state index is -0.527. The highest BCUT2D eigenvalue weighted by Crippen LogP contribution is 2.33. The molecule has 0 aromatic heterocycles. The van der Waals surface area contributed by atoms with E-state index in [0.29, 0.717) is 9.92 Å². The van der Waals surface area contributed by atoms with Gasteiger partial charge in [-0.2, -0.15) is 0 Å². The molecule has 0 N–H and O–H groups in total. The van der Waals surface area contributed by atoms with Crippen LogP contribution in [0, 0.1) is 10.1 Å². The van der Waals surface area contributed by atoms with Crippen molar-refractivity contribution in [2.45, 2.75) is 4.90 Å². The van der Waals surface area contributed by atoms with Gasteiger partial charge in [0.15, 0.2) is 0 Å². The molecule has 5 nitrogen and oxygen atoms in total. The molecule has 0 unspecified atom stereocenters. The largest absolute Gasteiger partial charge is 0.424 e. The van der Waals surface area contributed by atoms with Gasteiger partial charge >= 0.3 is 5.97 Å². The number of ether oxygens (including phenoxy) is 1. The molecule has 126 valence electrons. The van der Waals surface area contributed by atoms with Crippen molar-refractivity contribution >= 4 is 45.8 Å². The molecule has 7 heteroatoms. The molecule has 0 aliphatic heterocycles. The summed E-state index contributed by atoms with van der Waals surface area (Å²) in [6, 6.07) is 17.2. The molecule has 3 aromatic carbocycles. The van der Waals surface area contributed by atoms with E-state index in [2.05, 4.69) is 0 Å². The van der Waals surface area contributed by atoms with Crippen LogP contribution in [-0.4, -0.2) is 16.6 Å². The van der Waals surface area contributed by atoms with Crippen LogP contribution in [-0.2, 0) is 4.79 Å². The molecule has 0 amide bonds. The van der Waals surface area contributed by atoms with Crippen LogP contribution >= 0.6 is 23.4 Å². The van der Waals surface area contributed by atoms with Gasteiger partial charge in [-0.25, -0.2) is 0 Å². The topological polar surface area (TPSA) is 69.4 Å². The van der Waals surface area contributed by atoms with Gasteiger partial charge in [0, 0.05) is 11.5 Å². The van der Waals surface area contributed by atoms with Crippen LogP contribution < -0.4 is 4.74 Å². The number of thioether (sulfide) groups is 1. The number of halogens is 1. The predicted molar refractivity (Wildman–Crippen MR) is 98.4 cm³/mol. The van der Waals surface area contributed by atoms with Crippen LogP contribution in [0.25, 0.3) is 10.8 Å². The summed E-state index contributed by atoms with van der Waals surface area (Å²) >= 11 is 7.35. The molecule has 0 spiro atoms. The van der Waals surface area contributed by atoms with Crippen molar-refractivity contribution in [1.82, 2.24) is 0 Å². The van der Waals surface area contributed by atoms with E-state index in [4.69, 9.17) is 16.3 Å². The maximum atomic E-state index is 12.1. The molecule has 0 saturated heterocycles. The molecular weight excluding hydrogens is 362 g/mol. The number of carbonyl (C=O) groups is 1. The average molecular weight is 374 g/mol. The first-order valence-corrected chi connectivity index (χ1v) is 8.67. The minimum Gasteiger partial charge on any atom is -0.424 e. The van der Waals surface area contributed by atoms with Gasteiger partial charge in [-0.05, 0) is 17.5 Å². The van der Waals surface area contributed by atoms with Gasteiger partial charge in [0.25, 0.3) is 5.69 Å². The summed E-state index contributed by atoms with van der Waals surface area (Å²) < 4.78 is 5.31. The third-order valence-electron chi connectivity index (χ3n) is 3.46. The number of esters is 1. The van der Waals surface area contributed by atoms with Crippen molar-refractivity contribution in [1.29, 1.82) is 0 Å². The van der Waals surface area contributed by atoms with Crippen LogP contribution in [0.1, 0.15) is 0 Å². The Bertz CT molecular complexity index is 961. The molecule has 0 radical (unpaired) electrons. The number of nitro groups is 1. The van der Waals surface area contributed by atoms with E-state index in [1.807, 2.05) is 30.3 Å². The molecule has 3 aromatic rings. The van der Waals surface area contributed by atoms with E-state index in [-0.39, 0.29) is 17.2 Å². The van der Waals surface area contributed by atoms with E-state index in [9.17, 15) is 14.9 Å². The Hall–Kier alpha value is -2.57. The highest BCUT2D eigenvalue weighted by Gasteiger charge is 2.16. The summed E-state index contributed by atoms with van der Waals surface area (Å²) in [4.78, 5) is 23.0. The van der Waals surface area contributed by atoms with Crippen LogP contribution in [0.15, 0.2) is 65.6 Å². The van der Waals surface area contributed by atoms with E-state index in [1.54, 1.807) is 24.3 Å². The molecule has 0 aliphatic carbocycles. The third-order valence-corrected chi connectivity index (χ3v) is 4.89. The van der Waals surface area contributed by atoms with Crippen molar-refractivity contribution in [2.24, 2.45) is 0 Å². The Morgan fingerprint density at radius 2 is 1.80 bits per heavy atom. The first-order valence-electron chi connectivity index (χ1n) is 7.30. The number of nitro benzene ring substituents is 1. The van der Waals surface area contributed by atoms with Crippen molar-refractivity contribution in [3.8, 4) is 5.75 Å². The summed E-state index contributed by atoms with van der Waals surface area (Å²) in [5.74, 6) is -0.317. The van der Waals surface area contributed by atoms with Crippen molar-refractivity contribution < 1.29 is 14.5 Å². The van der Waals surface area contributed by atoms with Gasteiger partial charge in [-0.3, -0.25) is 14.9 Å². The molecule has 0 atom stereocenters. The van der Waals surface area contributed by atoms with Crippen molar-refractivity contribution in [3.05, 3.63) is 75.8 Å². The second kappa shape index (κ2) is 7.55. The molecule has 0 bridgehead atoms. The molecular formula is C18H12ClNO4S. The fourth-order valence-electron chi connectivity index (χ4n) is 2.31. The number of rotatable bonds is 5. The van der Waals surface area contributed by atoms with Crippen molar-refractivity contribution in [2.75, 3.05) is 5.75 Å². The van der Waals surface area contributed by atoms with E-state index in [1.165, 1.54) is 6.07 Å². The monoisotopic (exact) mass is 373 g/mol. The second-order valence-electron chi connectivity index (χ2n) is 5.09. The second-order valence-corrected chi connectivity index (χ2v) is 6.48. The number of carbonyl (C=O) groups excluding carboxylic acids is 1. The zero-order valence-electron chi connectivity index (χ0n) is 12.8. The van der Waals surface area contributed by atoms with E-state index in [0.717, 1.165) is 22.5 Å². The smallest absolute Gasteiger partial charge is 0.321 e. The number of hydrogen-bond donors (Lipinski definition) is 0. The van der Waals surface area contributed by atoms with Gasteiger partial charge in [-0.15, -0.1) is 11.8 Å². The number of hydrogen-bond acceptors (Lipinski definition) is 5. The SMILES string of the molecule is O=C(CSc1ccccc1[N+](=O)[O-])Oc1ccc2ccccc2c1Cl. The summed E-state index contributed by atoms with van der Waals surface area (Å²) in [6.07, 6.45) is 0. The van der Waals surface area contributed by atoms with Gasteiger partial charge in [-0.1, -0.05) is 54.1 Å². The summed E-state index contributed by atoms with van der Waals surface area (Å²) in [6.45, 7) is 0. The minimum absolute atomic E-state index is 0.0379. The quantitative estimate of drug-likeness (QED) is 0.204. The fourth-order valence-corrected chi connectivity index (χ4v) is 3.38. The van der Waals surface area contributed by atoms with Gasteiger partial charge < -0.3 is 4.74 Å². The van der Waals surface area contributed by atoms with Crippen LogP contribution in [0.3, 0.4) is 0 Å². The number of fused-ring (bicyclic) bond motifs is 1. The van der Waals surface area contributed by atoms with Crippen LogP contribution in [0.5, 0.6) is 5.75 Å². The standard InChI is InChI=1S/C18H12ClNO4S/c19-18-13-6-2-1-5-12(13)9-10-15(18)24-17(21)11-25-16-8-4-3-7-14(16)20(22)23/h1-10H,11H2. The molecule has 3 rings (SSSR count). The Morgan fingerprint density at radius 1 is 1.08 bits per heavy atom. The third kappa shape index (κ3) is 3.92. The lowest BCUT2D eigenvalue weighted by Gasteiger charge is -2.08. The molecule has 0 saturated carbocycles. The zero-order valence-corrected chi connectivity index (χ0v) is 14.4. The Labute approximate surface area is 152 Å². The normalized spacial score (nSPS) is 10.6. The maximum Gasteiger partial charge on any atom is 0.321 e. The fraction of sp³-hybridized carbons (Fsp3) is 0.0556. The highest BCUT2D eigenvalue weighted by atomic mass is 35.5.